The summed E-state index contributed by atoms with van der Waals surface area (Å²) in [6, 6.07) is 36.3. The monoisotopic (exact) mass is 657 g/mol. The summed E-state index contributed by atoms with van der Waals surface area (Å²) in [7, 11) is 0. The molecule has 0 fully saturated rings. The molecule has 0 saturated carbocycles. The van der Waals surface area contributed by atoms with E-state index in [0.29, 0.717) is 5.82 Å². The molecular weight excluding hydrogens is 627 g/mol. The Balaban J connectivity index is 1.19. The van der Waals surface area contributed by atoms with Gasteiger partial charge in [-0.25, -0.2) is 15.0 Å². The molecule has 7 aromatic rings. The van der Waals surface area contributed by atoms with Gasteiger partial charge in [-0.15, -0.1) is 0 Å². The predicted molar refractivity (Wildman–Crippen MR) is 208 cm³/mol. The number of hydrogen-bond donors (Lipinski definition) is 0. The summed E-state index contributed by atoms with van der Waals surface area (Å²) in [4.78, 5) is 29.0. The third kappa shape index (κ3) is 5.05. The molecule has 1 atom stereocenters. The normalized spacial score (nSPS) is 16.9. The summed E-state index contributed by atoms with van der Waals surface area (Å²) in [5.74, 6) is 1.50. The zero-order valence-electron chi connectivity index (χ0n) is 27.7. The van der Waals surface area contributed by atoms with Crippen LogP contribution in [0.15, 0.2) is 166 Å². The van der Waals surface area contributed by atoms with Gasteiger partial charge in [-0.05, 0) is 67.0 Å². The summed E-state index contributed by atoms with van der Waals surface area (Å²) in [5, 5.41) is 3.37. The second-order valence-corrected chi connectivity index (χ2v) is 13.0. The number of para-hydroxylation sites is 2. The number of aromatic nitrogens is 4. The van der Waals surface area contributed by atoms with E-state index in [-0.39, 0.29) is 6.04 Å². The first kappa shape index (κ1) is 29.3. The van der Waals surface area contributed by atoms with Crippen molar-refractivity contribution in [2.75, 3.05) is 6.54 Å². The average Bonchev–Trinajstić information content (AvgIpc) is 3.54. The lowest BCUT2D eigenvalue weighted by molar-refractivity contribution is 0.792. The standard InChI is InChI=1S/C44H31N7/c1-2-8-32(9-3-1)51-39-26-30(41-35-10-4-6-12-37(35)47-43(49-41)28-18-22-45-23-19-28)14-16-33(39)34-17-15-31(27-40(34)51)42-36-11-5-7-13-38(36)48-44(50-42)29-20-24-46-25-21-29/h1-12,14-20,22-24,26-27,38H,13,21,25H2. The molecule has 5 heterocycles. The maximum atomic E-state index is 5.25. The number of amidine groups is 1. The molecule has 10 rings (SSSR count). The van der Waals surface area contributed by atoms with Crippen molar-refractivity contribution in [3.05, 3.63) is 157 Å². The summed E-state index contributed by atoms with van der Waals surface area (Å²) >= 11 is 0. The second-order valence-electron chi connectivity index (χ2n) is 13.0. The second kappa shape index (κ2) is 12.1. The van der Waals surface area contributed by atoms with Crippen LogP contribution in [0.5, 0.6) is 0 Å². The number of dihydropyridines is 1. The van der Waals surface area contributed by atoms with Crippen LogP contribution in [0.25, 0.3) is 61.0 Å². The van der Waals surface area contributed by atoms with Crippen molar-refractivity contribution in [2.24, 2.45) is 15.0 Å². The van der Waals surface area contributed by atoms with E-state index in [0.717, 1.165) is 92.1 Å². The molecule has 0 radical (unpaired) electrons. The van der Waals surface area contributed by atoms with E-state index < -0.39 is 0 Å². The lowest BCUT2D eigenvalue weighted by Crippen LogP contribution is -2.27. The highest BCUT2D eigenvalue weighted by Crippen LogP contribution is 2.38. The van der Waals surface area contributed by atoms with Crippen LogP contribution < -0.4 is 0 Å². The number of rotatable bonds is 5. The Hall–Kier alpha value is -6.60. The molecular formula is C44H31N7. The molecule has 3 aromatic heterocycles. The van der Waals surface area contributed by atoms with E-state index in [2.05, 4.69) is 118 Å². The summed E-state index contributed by atoms with van der Waals surface area (Å²) in [6.07, 6.45) is 15.7. The van der Waals surface area contributed by atoms with E-state index in [1.54, 1.807) is 12.4 Å². The van der Waals surface area contributed by atoms with Crippen molar-refractivity contribution in [2.45, 2.75) is 18.9 Å². The Kier molecular flexibility index (Phi) is 6.94. The molecule has 4 aromatic carbocycles. The van der Waals surface area contributed by atoms with Crippen molar-refractivity contribution in [1.82, 2.24) is 19.5 Å². The first-order valence-electron chi connectivity index (χ1n) is 17.3. The average molecular weight is 658 g/mol. The van der Waals surface area contributed by atoms with Crippen LogP contribution in [0, 0.1) is 0 Å². The number of nitrogens with zero attached hydrogens (tertiary/aromatic N) is 7. The smallest absolute Gasteiger partial charge is 0.160 e. The molecule has 0 bridgehead atoms. The SMILES string of the molecule is C1=CCC2N=C(C3=CC=NCC3)N=C(c3ccc4c5ccc(-c6nc(-c7ccncc7)nc7ccccc67)cc5n(-c5ccccc5)c4c3)C2=C1. The molecule has 242 valence electrons. The van der Waals surface area contributed by atoms with Gasteiger partial charge in [-0.3, -0.25) is 15.0 Å². The van der Waals surface area contributed by atoms with Crippen molar-refractivity contribution < 1.29 is 0 Å². The first-order valence-corrected chi connectivity index (χ1v) is 17.3. The van der Waals surface area contributed by atoms with E-state index >= 15 is 0 Å². The third-order valence-corrected chi connectivity index (χ3v) is 9.95. The number of fused-ring (bicyclic) bond motifs is 5. The number of hydrogen-bond acceptors (Lipinski definition) is 6. The lowest BCUT2D eigenvalue weighted by Gasteiger charge is -2.26. The van der Waals surface area contributed by atoms with Crippen LogP contribution in [0.2, 0.25) is 0 Å². The van der Waals surface area contributed by atoms with Gasteiger partial charge in [0.2, 0.25) is 0 Å². The van der Waals surface area contributed by atoms with Crippen LogP contribution in [0.3, 0.4) is 0 Å². The van der Waals surface area contributed by atoms with Crippen molar-refractivity contribution in [1.29, 1.82) is 0 Å². The fourth-order valence-corrected chi connectivity index (χ4v) is 7.48. The van der Waals surface area contributed by atoms with E-state index in [1.165, 1.54) is 10.8 Å². The van der Waals surface area contributed by atoms with Crippen LogP contribution in [0.4, 0.5) is 0 Å². The predicted octanol–water partition coefficient (Wildman–Crippen LogP) is 9.31. The highest BCUT2D eigenvalue weighted by Gasteiger charge is 2.28. The third-order valence-electron chi connectivity index (χ3n) is 9.95. The van der Waals surface area contributed by atoms with Gasteiger partial charge in [0.15, 0.2) is 11.7 Å². The van der Waals surface area contributed by atoms with Gasteiger partial charge in [-0.1, -0.05) is 78.9 Å². The number of allylic oxidation sites excluding steroid dienone is 3. The van der Waals surface area contributed by atoms with E-state index in [1.807, 2.05) is 30.5 Å². The maximum absolute atomic E-state index is 5.25. The van der Waals surface area contributed by atoms with Gasteiger partial charge < -0.3 is 4.57 Å². The Morgan fingerprint density at radius 3 is 2.29 bits per heavy atom. The number of pyridine rings is 1. The molecule has 2 aliphatic heterocycles. The minimum atomic E-state index is 0.0511. The summed E-state index contributed by atoms with van der Waals surface area (Å²) in [6.45, 7) is 0.768. The molecule has 1 aliphatic carbocycles. The van der Waals surface area contributed by atoms with Gasteiger partial charge in [0.05, 0.1) is 34.0 Å². The number of aliphatic imine (C=N–C) groups is 3. The topological polar surface area (TPSA) is 80.7 Å². The van der Waals surface area contributed by atoms with Crippen molar-refractivity contribution in [3.8, 4) is 28.3 Å². The Morgan fingerprint density at radius 1 is 0.686 bits per heavy atom. The fraction of sp³-hybridized carbons (Fsp3) is 0.0909. The highest BCUT2D eigenvalue weighted by atomic mass is 15.0. The van der Waals surface area contributed by atoms with E-state index in [4.69, 9.17) is 20.0 Å². The Bertz CT molecular complexity index is 2710. The molecule has 3 aliphatic rings. The molecule has 0 N–H and O–H groups in total. The van der Waals surface area contributed by atoms with Crippen LogP contribution in [0.1, 0.15) is 18.4 Å². The lowest BCUT2D eigenvalue weighted by atomic mass is 9.89. The van der Waals surface area contributed by atoms with Gasteiger partial charge in [-0.2, -0.15) is 0 Å². The first-order chi connectivity index (χ1) is 25.3. The molecule has 0 spiro atoms. The maximum Gasteiger partial charge on any atom is 0.160 e. The van der Waals surface area contributed by atoms with E-state index in [9.17, 15) is 0 Å². The van der Waals surface area contributed by atoms with Gasteiger partial charge in [0, 0.05) is 69.3 Å². The number of benzene rings is 4. The minimum Gasteiger partial charge on any atom is -0.309 e. The fourth-order valence-electron chi connectivity index (χ4n) is 7.48. The molecule has 7 nitrogen and oxygen atoms in total. The van der Waals surface area contributed by atoms with Crippen LogP contribution in [-0.4, -0.2) is 49.9 Å². The molecule has 7 heteroatoms. The molecule has 0 amide bonds. The molecule has 0 saturated heterocycles. The minimum absolute atomic E-state index is 0.0511. The summed E-state index contributed by atoms with van der Waals surface area (Å²) in [5.41, 5.74) is 11.5. The molecule has 1 unspecified atom stereocenters. The van der Waals surface area contributed by atoms with Gasteiger partial charge in [0.1, 0.15) is 0 Å². The highest BCUT2D eigenvalue weighted by molar-refractivity contribution is 6.24. The van der Waals surface area contributed by atoms with Crippen LogP contribution in [-0.2, 0) is 0 Å². The Labute approximate surface area is 294 Å². The quantitative estimate of drug-likeness (QED) is 0.185. The zero-order valence-corrected chi connectivity index (χ0v) is 27.7. The van der Waals surface area contributed by atoms with Crippen molar-refractivity contribution in [3.63, 3.8) is 0 Å². The molecule has 51 heavy (non-hydrogen) atoms. The zero-order chi connectivity index (χ0) is 33.7. The summed E-state index contributed by atoms with van der Waals surface area (Å²) < 4.78 is 2.37. The Morgan fingerprint density at radius 2 is 1.47 bits per heavy atom. The van der Waals surface area contributed by atoms with Crippen LogP contribution >= 0.6 is 0 Å². The van der Waals surface area contributed by atoms with Crippen molar-refractivity contribution >= 4 is 50.5 Å². The van der Waals surface area contributed by atoms with Gasteiger partial charge >= 0.3 is 0 Å². The van der Waals surface area contributed by atoms with Gasteiger partial charge in [0.25, 0.3) is 0 Å². The largest absolute Gasteiger partial charge is 0.309 e.